The van der Waals surface area contributed by atoms with Gasteiger partial charge in [0.15, 0.2) is 5.79 Å². The summed E-state index contributed by atoms with van der Waals surface area (Å²) < 4.78 is 49.9. The zero-order chi connectivity index (χ0) is 12.5. The molecule has 1 saturated carbocycles. The Bertz CT molecular complexity index is 259. The molecule has 17 heavy (non-hydrogen) atoms. The summed E-state index contributed by atoms with van der Waals surface area (Å²) in [6, 6.07) is 0. The van der Waals surface area contributed by atoms with Crippen LogP contribution in [0.15, 0.2) is 0 Å². The minimum absolute atomic E-state index is 0.0266. The molecule has 1 aliphatic carbocycles. The molecule has 0 aromatic rings. The quantitative estimate of drug-likeness (QED) is 0.748. The third-order valence-corrected chi connectivity index (χ3v) is 3.89. The Morgan fingerprint density at radius 1 is 1.24 bits per heavy atom. The van der Waals surface area contributed by atoms with E-state index in [1.165, 1.54) is 0 Å². The van der Waals surface area contributed by atoms with Gasteiger partial charge in [-0.25, -0.2) is 0 Å². The van der Waals surface area contributed by atoms with Crippen molar-refractivity contribution in [2.75, 3.05) is 13.2 Å². The minimum Gasteiger partial charge on any atom is -0.348 e. The van der Waals surface area contributed by atoms with E-state index >= 15 is 0 Å². The summed E-state index contributed by atoms with van der Waals surface area (Å²) in [5.41, 5.74) is 0. The first-order chi connectivity index (χ1) is 7.97. The molecule has 0 bridgehead atoms. The van der Waals surface area contributed by atoms with Gasteiger partial charge in [-0.1, -0.05) is 19.8 Å². The summed E-state index contributed by atoms with van der Waals surface area (Å²) in [6.45, 7) is 2.77. The van der Waals surface area contributed by atoms with Crippen LogP contribution in [0.4, 0.5) is 13.2 Å². The average Bonchev–Trinajstić information content (AvgIpc) is 2.69. The van der Waals surface area contributed by atoms with Crippen molar-refractivity contribution in [3.63, 3.8) is 0 Å². The Balaban J connectivity index is 2.09. The van der Waals surface area contributed by atoms with Crippen LogP contribution in [0.5, 0.6) is 0 Å². The first-order valence-corrected chi connectivity index (χ1v) is 6.31. The normalized spacial score (nSPS) is 33.2. The molecular weight excluding hydrogens is 233 g/mol. The van der Waals surface area contributed by atoms with Gasteiger partial charge in [-0.15, -0.1) is 0 Å². The van der Waals surface area contributed by atoms with Crippen LogP contribution in [-0.2, 0) is 9.47 Å². The van der Waals surface area contributed by atoms with Crippen molar-refractivity contribution in [3.8, 4) is 0 Å². The molecule has 1 aliphatic heterocycles. The largest absolute Gasteiger partial charge is 0.392 e. The Morgan fingerprint density at radius 2 is 1.88 bits per heavy atom. The van der Waals surface area contributed by atoms with Gasteiger partial charge in [0.05, 0.1) is 19.1 Å². The van der Waals surface area contributed by atoms with Gasteiger partial charge in [0.1, 0.15) is 0 Å². The highest BCUT2D eigenvalue weighted by Crippen LogP contribution is 2.49. The lowest BCUT2D eigenvalue weighted by Crippen LogP contribution is -2.45. The van der Waals surface area contributed by atoms with Crippen molar-refractivity contribution in [2.45, 2.75) is 51.0 Å². The van der Waals surface area contributed by atoms with Gasteiger partial charge in [-0.2, -0.15) is 13.2 Å². The number of halogens is 3. The number of hydrogen-bond donors (Lipinski definition) is 0. The summed E-state index contributed by atoms with van der Waals surface area (Å²) in [7, 11) is 0. The van der Waals surface area contributed by atoms with E-state index in [2.05, 4.69) is 0 Å². The lowest BCUT2D eigenvalue weighted by Gasteiger charge is -2.41. The second kappa shape index (κ2) is 4.76. The Hall–Kier alpha value is -0.290. The summed E-state index contributed by atoms with van der Waals surface area (Å²) in [5.74, 6) is -2.47. The lowest BCUT2D eigenvalue weighted by atomic mass is 9.74. The topological polar surface area (TPSA) is 18.5 Å². The maximum absolute atomic E-state index is 13.0. The van der Waals surface area contributed by atoms with Gasteiger partial charge >= 0.3 is 6.18 Å². The molecule has 5 heteroatoms. The standard InChI is InChI=1S/C12H19F3O2/c1-2-3-9-4-5-11(16-6-7-17-11)8-10(9)12(13,14)15/h9-10H,2-8H2,1H3/t9-,10?/m0/s1. The van der Waals surface area contributed by atoms with E-state index in [4.69, 9.17) is 9.47 Å². The summed E-state index contributed by atoms with van der Waals surface area (Å²) in [5, 5.41) is 0. The number of rotatable bonds is 2. The molecule has 0 aromatic carbocycles. The molecule has 0 radical (unpaired) electrons. The van der Waals surface area contributed by atoms with Gasteiger partial charge in [-0.3, -0.25) is 0 Å². The highest BCUT2D eigenvalue weighted by atomic mass is 19.4. The van der Waals surface area contributed by atoms with Crippen LogP contribution in [0.3, 0.4) is 0 Å². The zero-order valence-electron chi connectivity index (χ0n) is 10.1. The Morgan fingerprint density at radius 3 is 2.41 bits per heavy atom. The van der Waals surface area contributed by atoms with Crippen LogP contribution < -0.4 is 0 Å². The van der Waals surface area contributed by atoms with Gasteiger partial charge in [0, 0.05) is 12.8 Å². The van der Waals surface area contributed by atoms with Crippen LogP contribution in [0.1, 0.15) is 39.0 Å². The number of alkyl halides is 3. The highest BCUT2D eigenvalue weighted by molar-refractivity contribution is 4.90. The molecule has 1 unspecified atom stereocenters. The maximum atomic E-state index is 13.0. The molecule has 2 nitrogen and oxygen atoms in total. The Kier molecular flexibility index (Phi) is 3.69. The van der Waals surface area contributed by atoms with Gasteiger partial charge in [0.2, 0.25) is 0 Å². The van der Waals surface area contributed by atoms with Crippen molar-refractivity contribution >= 4 is 0 Å². The van der Waals surface area contributed by atoms with Crippen LogP contribution in [0, 0.1) is 11.8 Å². The predicted octanol–water partition coefficient (Wildman–Crippen LogP) is 3.51. The monoisotopic (exact) mass is 252 g/mol. The smallest absolute Gasteiger partial charge is 0.348 e. The molecule has 1 spiro atoms. The molecule has 2 aliphatic rings. The maximum Gasteiger partial charge on any atom is 0.392 e. The van der Waals surface area contributed by atoms with Crippen LogP contribution >= 0.6 is 0 Å². The molecular formula is C12H19F3O2. The van der Waals surface area contributed by atoms with Gasteiger partial charge in [-0.05, 0) is 12.3 Å². The third kappa shape index (κ3) is 2.76. The van der Waals surface area contributed by atoms with Crippen LogP contribution in [0.25, 0.3) is 0 Å². The van der Waals surface area contributed by atoms with Crippen molar-refractivity contribution in [3.05, 3.63) is 0 Å². The molecule has 100 valence electrons. The first-order valence-electron chi connectivity index (χ1n) is 6.31. The fourth-order valence-corrected chi connectivity index (χ4v) is 3.07. The number of ether oxygens (including phenoxy) is 2. The second-order valence-corrected chi connectivity index (χ2v) is 5.05. The SMILES string of the molecule is CCC[C@H]1CCC2(CC1C(F)(F)F)OCCO2. The van der Waals surface area contributed by atoms with Crippen molar-refractivity contribution in [2.24, 2.45) is 11.8 Å². The number of hydrogen-bond acceptors (Lipinski definition) is 2. The Labute approximate surface area is 99.5 Å². The van der Waals surface area contributed by atoms with Gasteiger partial charge in [0.25, 0.3) is 0 Å². The molecule has 1 heterocycles. The third-order valence-electron chi connectivity index (χ3n) is 3.89. The van der Waals surface area contributed by atoms with E-state index < -0.39 is 17.9 Å². The molecule has 2 atom stereocenters. The predicted molar refractivity (Wildman–Crippen MR) is 56.4 cm³/mol. The van der Waals surface area contributed by atoms with E-state index in [0.29, 0.717) is 32.5 Å². The summed E-state index contributed by atoms with van der Waals surface area (Å²) in [4.78, 5) is 0. The van der Waals surface area contributed by atoms with Crippen molar-refractivity contribution in [1.29, 1.82) is 0 Å². The van der Waals surface area contributed by atoms with E-state index in [1.807, 2.05) is 6.92 Å². The fourth-order valence-electron chi connectivity index (χ4n) is 3.07. The van der Waals surface area contributed by atoms with Crippen molar-refractivity contribution < 1.29 is 22.6 Å². The fraction of sp³-hybridized carbons (Fsp3) is 1.00. The van der Waals surface area contributed by atoms with Crippen molar-refractivity contribution in [1.82, 2.24) is 0 Å². The molecule has 0 N–H and O–H groups in total. The molecule has 2 fully saturated rings. The lowest BCUT2D eigenvalue weighted by molar-refractivity contribution is -0.258. The summed E-state index contributed by atoms with van der Waals surface area (Å²) in [6.07, 6.45) is -1.57. The van der Waals surface area contributed by atoms with E-state index in [1.54, 1.807) is 0 Å². The molecule has 0 aromatic heterocycles. The average molecular weight is 252 g/mol. The van der Waals surface area contributed by atoms with E-state index in [-0.39, 0.29) is 12.3 Å². The van der Waals surface area contributed by atoms with Crippen LogP contribution in [-0.4, -0.2) is 25.2 Å². The van der Waals surface area contributed by atoms with Crippen LogP contribution in [0.2, 0.25) is 0 Å². The molecule has 1 saturated heterocycles. The second-order valence-electron chi connectivity index (χ2n) is 5.05. The van der Waals surface area contributed by atoms with E-state index in [9.17, 15) is 13.2 Å². The molecule has 2 rings (SSSR count). The van der Waals surface area contributed by atoms with Gasteiger partial charge < -0.3 is 9.47 Å². The summed E-state index contributed by atoms with van der Waals surface area (Å²) >= 11 is 0. The molecule has 0 amide bonds. The van der Waals surface area contributed by atoms with E-state index in [0.717, 1.165) is 6.42 Å². The minimum atomic E-state index is -4.14. The first kappa shape index (κ1) is 13.1. The highest BCUT2D eigenvalue weighted by Gasteiger charge is 2.54. The zero-order valence-corrected chi connectivity index (χ0v) is 10.1.